The lowest BCUT2D eigenvalue weighted by molar-refractivity contribution is 0.477. The molecule has 2 aromatic heterocycles. The number of para-hydroxylation sites is 3. The van der Waals surface area contributed by atoms with Crippen molar-refractivity contribution in [2.75, 3.05) is 0 Å². The summed E-state index contributed by atoms with van der Waals surface area (Å²) in [6.07, 6.45) is 1.95. The predicted molar refractivity (Wildman–Crippen MR) is 238 cm³/mol. The van der Waals surface area contributed by atoms with E-state index in [1.807, 2.05) is 42.6 Å². The number of phenols is 1. The molecule has 1 N–H and O–H groups in total. The minimum absolute atomic E-state index is 0.118. The highest BCUT2D eigenvalue weighted by atomic mass is 16.3. The van der Waals surface area contributed by atoms with E-state index in [2.05, 4.69) is 166 Å². The Hall–Kier alpha value is -7.04. The van der Waals surface area contributed by atoms with Crippen molar-refractivity contribution in [2.45, 2.75) is 38.5 Å². The predicted octanol–water partition coefficient (Wildman–Crippen LogP) is 13.4. The number of rotatable bonds is 7. The van der Waals surface area contributed by atoms with Crippen molar-refractivity contribution in [3.05, 3.63) is 204 Å². The van der Waals surface area contributed by atoms with Crippen LogP contribution in [0.1, 0.15) is 49.9 Å². The first-order valence-electron chi connectivity index (χ1n) is 20.0. The van der Waals surface area contributed by atoms with Gasteiger partial charge in [-0.25, -0.2) is 4.98 Å². The lowest BCUT2D eigenvalue weighted by atomic mass is 9.77. The van der Waals surface area contributed by atoms with Crippen LogP contribution in [0.25, 0.3) is 72.7 Å². The molecule has 280 valence electrons. The Morgan fingerprint density at radius 2 is 1.17 bits per heavy atom. The van der Waals surface area contributed by atoms with Crippen LogP contribution in [0.15, 0.2) is 182 Å². The highest BCUT2D eigenvalue weighted by Gasteiger charge is 2.38. The van der Waals surface area contributed by atoms with Crippen molar-refractivity contribution in [3.63, 3.8) is 0 Å². The number of benzene rings is 7. The molecule has 0 radical (unpaired) electrons. The normalized spacial score (nSPS) is 13.0. The van der Waals surface area contributed by atoms with E-state index in [-0.39, 0.29) is 16.6 Å². The summed E-state index contributed by atoms with van der Waals surface area (Å²) >= 11 is 0. The minimum Gasteiger partial charge on any atom is -0.507 e. The second kappa shape index (κ2) is 13.6. The molecule has 0 aliphatic heterocycles. The first-order valence-corrected chi connectivity index (χ1v) is 20.0. The molecule has 0 bridgehead atoms. The SMILES string of the molecule is CC(C)(c1ccccc1)c1ccc(-c2ccnc(-c3cc(-c4cccc5c4nc(-c4ccccc4O)n5-c4ccccc4)cc4c3C(C)(C)c3ccccc3-4)c2)cc1. The first kappa shape index (κ1) is 35.4. The molecule has 4 heteroatoms. The second-order valence-electron chi connectivity index (χ2n) is 16.4. The smallest absolute Gasteiger partial charge is 0.149 e. The zero-order chi connectivity index (χ0) is 39.6. The average Bonchev–Trinajstić information content (AvgIpc) is 3.77. The van der Waals surface area contributed by atoms with Gasteiger partial charge in [-0.1, -0.05) is 149 Å². The molecule has 10 rings (SSSR count). The van der Waals surface area contributed by atoms with E-state index in [0.717, 1.165) is 50.2 Å². The molecule has 0 saturated carbocycles. The molecule has 0 saturated heterocycles. The third kappa shape index (κ3) is 5.67. The van der Waals surface area contributed by atoms with Gasteiger partial charge >= 0.3 is 0 Å². The molecule has 1 aliphatic carbocycles. The van der Waals surface area contributed by atoms with Crippen LogP contribution in [0.2, 0.25) is 0 Å². The fourth-order valence-electron chi connectivity index (χ4n) is 9.16. The number of imidazole rings is 1. The summed E-state index contributed by atoms with van der Waals surface area (Å²) in [7, 11) is 0. The van der Waals surface area contributed by atoms with Crippen LogP contribution in [0.3, 0.4) is 0 Å². The largest absolute Gasteiger partial charge is 0.507 e. The van der Waals surface area contributed by atoms with Gasteiger partial charge in [-0.05, 0) is 105 Å². The lowest BCUT2D eigenvalue weighted by Crippen LogP contribution is -2.18. The Morgan fingerprint density at radius 1 is 0.534 bits per heavy atom. The number of phenolic OH excluding ortho intramolecular Hbond substituents is 1. The average molecular weight is 750 g/mol. The molecule has 0 atom stereocenters. The third-order valence-corrected chi connectivity index (χ3v) is 12.3. The fourth-order valence-corrected chi connectivity index (χ4v) is 9.16. The molecule has 58 heavy (non-hydrogen) atoms. The molecule has 0 fully saturated rings. The standard InChI is InChI=1S/C54H43N3O/c1-53(2,38-16-7-5-8-17-38)39-28-26-35(27-29-39)36-30-31-55-47(34-36)45-33-37(32-44-42-20-11-13-23-46(42)54(3,4)50(44)45)41-22-15-24-48-51(41)56-52(43-21-12-14-25-49(43)58)57(48)40-18-9-6-10-19-40/h5-34,58H,1-4H3. The number of aromatic nitrogens is 3. The van der Waals surface area contributed by atoms with E-state index in [0.29, 0.717) is 11.4 Å². The van der Waals surface area contributed by atoms with Gasteiger partial charge < -0.3 is 5.11 Å². The van der Waals surface area contributed by atoms with E-state index < -0.39 is 0 Å². The van der Waals surface area contributed by atoms with Crippen LogP contribution in [0.4, 0.5) is 0 Å². The first-order chi connectivity index (χ1) is 28.2. The van der Waals surface area contributed by atoms with Crippen LogP contribution in [-0.2, 0) is 10.8 Å². The summed E-state index contributed by atoms with van der Waals surface area (Å²) < 4.78 is 2.15. The van der Waals surface area contributed by atoms with Crippen molar-refractivity contribution in [1.29, 1.82) is 0 Å². The molecule has 9 aromatic rings. The lowest BCUT2D eigenvalue weighted by Gasteiger charge is -2.26. The summed E-state index contributed by atoms with van der Waals surface area (Å²) in [6.45, 7) is 9.24. The molecular weight excluding hydrogens is 707 g/mol. The number of nitrogens with zero attached hydrogens (tertiary/aromatic N) is 3. The van der Waals surface area contributed by atoms with Crippen molar-refractivity contribution in [3.8, 4) is 67.5 Å². The van der Waals surface area contributed by atoms with Crippen LogP contribution in [0.5, 0.6) is 5.75 Å². The molecule has 7 aromatic carbocycles. The molecule has 2 heterocycles. The molecular formula is C54H43N3O. The van der Waals surface area contributed by atoms with Gasteiger partial charge in [0.15, 0.2) is 0 Å². The van der Waals surface area contributed by atoms with E-state index in [1.54, 1.807) is 6.07 Å². The van der Waals surface area contributed by atoms with Crippen molar-refractivity contribution in [1.82, 2.24) is 14.5 Å². The van der Waals surface area contributed by atoms with Gasteiger partial charge in [-0.15, -0.1) is 0 Å². The van der Waals surface area contributed by atoms with E-state index >= 15 is 0 Å². The topological polar surface area (TPSA) is 50.9 Å². The minimum atomic E-state index is -0.249. The van der Waals surface area contributed by atoms with E-state index in [1.165, 1.54) is 33.4 Å². The van der Waals surface area contributed by atoms with Crippen LogP contribution >= 0.6 is 0 Å². The van der Waals surface area contributed by atoms with Gasteiger partial charge in [0.2, 0.25) is 0 Å². The Balaban J connectivity index is 1.16. The maximum Gasteiger partial charge on any atom is 0.149 e. The molecule has 0 unspecified atom stereocenters. The third-order valence-electron chi connectivity index (χ3n) is 12.3. The van der Waals surface area contributed by atoms with Crippen molar-refractivity contribution < 1.29 is 5.11 Å². The van der Waals surface area contributed by atoms with Gasteiger partial charge in [-0.3, -0.25) is 9.55 Å². The van der Waals surface area contributed by atoms with Gasteiger partial charge in [0, 0.05) is 33.8 Å². The maximum atomic E-state index is 11.1. The number of pyridine rings is 1. The summed E-state index contributed by atoms with van der Waals surface area (Å²) in [5, 5.41) is 11.1. The summed E-state index contributed by atoms with van der Waals surface area (Å²) in [6, 6.07) is 61.6. The molecule has 1 aliphatic rings. The summed E-state index contributed by atoms with van der Waals surface area (Å²) in [4.78, 5) is 10.4. The Labute approximate surface area is 339 Å². The number of hydrogen-bond donors (Lipinski definition) is 1. The highest BCUT2D eigenvalue weighted by molar-refractivity contribution is 5.99. The zero-order valence-corrected chi connectivity index (χ0v) is 33.1. The van der Waals surface area contributed by atoms with Crippen LogP contribution < -0.4 is 0 Å². The van der Waals surface area contributed by atoms with E-state index in [9.17, 15) is 5.11 Å². The maximum absolute atomic E-state index is 11.1. The molecule has 4 nitrogen and oxygen atoms in total. The highest BCUT2D eigenvalue weighted by Crippen LogP contribution is 2.54. The van der Waals surface area contributed by atoms with Crippen LogP contribution in [-0.4, -0.2) is 19.6 Å². The zero-order valence-electron chi connectivity index (χ0n) is 33.1. The molecule has 0 amide bonds. The Bertz CT molecular complexity index is 2990. The van der Waals surface area contributed by atoms with E-state index in [4.69, 9.17) is 9.97 Å². The number of hydrogen-bond acceptors (Lipinski definition) is 3. The molecule has 0 spiro atoms. The van der Waals surface area contributed by atoms with Gasteiger partial charge in [0.05, 0.1) is 22.3 Å². The monoisotopic (exact) mass is 749 g/mol. The number of fused-ring (bicyclic) bond motifs is 4. The number of aromatic hydroxyl groups is 1. The van der Waals surface area contributed by atoms with Crippen LogP contribution in [0, 0.1) is 0 Å². The van der Waals surface area contributed by atoms with Crippen molar-refractivity contribution >= 4 is 11.0 Å². The van der Waals surface area contributed by atoms with Gasteiger partial charge in [-0.2, -0.15) is 0 Å². The quantitative estimate of drug-likeness (QED) is 0.176. The van der Waals surface area contributed by atoms with Gasteiger partial charge in [0.25, 0.3) is 0 Å². The fraction of sp³-hybridized carbons (Fsp3) is 0.111. The second-order valence-corrected chi connectivity index (χ2v) is 16.4. The Kier molecular flexibility index (Phi) is 8.27. The summed E-state index contributed by atoms with van der Waals surface area (Å²) in [5.74, 6) is 0.878. The summed E-state index contributed by atoms with van der Waals surface area (Å²) in [5.41, 5.74) is 17.1. The van der Waals surface area contributed by atoms with Crippen molar-refractivity contribution in [2.24, 2.45) is 0 Å². The van der Waals surface area contributed by atoms with Gasteiger partial charge in [0.1, 0.15) is 11.6 Å². The Morgan fingerprint density at radius 3 is 1.93 bits per heavy atom.